The van der Waals surface area contributed by atoms with Crippen molar-refractivity contribution >= 4 is 34.6 Å². The minimum atomic E-state index is -0.164. The number of rotatable bonds is 4. The highest BCUT2D eigenvalue weighted by molar-refractivity contribution is 6.19. The summed E-state index contributed by atoms with van der Waals surface area (Å²) < 4.78 is 0. The normalized spacial score (nSPS) is 13.3. The van der Waals surface area contributed by atoms with Gasteiger partial charge in [-0.2, -0.15) is 0 Å². The van der Waals surface area contributed by atoms with Crippen LogP contribution in [-0.4, -0.2) is 31.1 Å². The molecule has 3 aromatic rings. The molecular formula is C24H21N3O2. The Labute approximate surface area is 169 Å². The van der Waals surface area contributed by atoms with Crippen LogP contribution in [-0.2, 0) is 9.59 Å². The maximum atomic E-state index is 13.1. The van der Waals surface area contributed by atoms with Crippen molar-refractivity contribution in [3.63, 3.8) is 0 Å². The van der Waals surface area contributed by atoms with Crippen LogP contribution < -0.4 is 9.80 Å². The van der Waals surface area contributed by atoms with Crippen LogP contribution in [0.4, 0.5) is 17.1 Å². The summed E-state index contributed by atoms with van der Waals surface area (Å²) in [6.07, 6.45) is 0.140. The zero-order valence-corrected chi connectivity index (χ0v) is 16.2. The van der Waals surface area contributed by atoms with Crippen molar-refractivity contribution in [2.24, 2.45) is 4.99 Å². The molecule has 5 heteroatoms. The average Bonchev–Trinajstić information content (AvgIpc) is 2.91. The fourth-order valence-corrected chi connectivity index (χ4v) is 3.35. The van der Waals surface area contributed by atoms with Crippen LogP contribution in [0, 0.1) is 0 Å². The lowest BCUT2D eigenvalue weighted by molar-refractivity contribution is -0.121. The van der Waals surface area contributed by atoms with Crippen LogP contribution in [0.5, 0.6) is 0 Å². The van der Waals surface area contributed by atoms with Crippen molar-refractivity contribution < 1.29 is 9.59 Å². The summed E-state index contributed by atoms with van der Waals surface area (Å²) in [6, 6.07) is 26.5. The van der Waals surface area contributed by atoms with Crippen LogP contribution >= 0.6 is 0 Å². The summed E-state index contributed by atoms with van der Waals surface area (Å²) >= 11 is 0. The van der Waals surface area contributed by atoms with E-state index in [0.29, 0.717) is 17.1 Å². The molecule has 0 aromatic heterocycles. The number of aliphatic imine (C=N–C) groups is 1. The van der Waals surface area contributed by atoms with Crippen LogP contribution in [0.2, 0.25) is 0 Å². The standard InChI is InChI=1S/C24H21N3O2/c1-26(19-12-6-3-7-13-19)24(29)17-27-22-15-9-8-14-20(22)25-21(16-23(27)28)18-10-4-2-5-11-18/h2-15H,16-17H2,1H3. The third-order valence-corrected chi connectivity index (χ3v) is 4.97. The van der Waals surface area contributed by atoms with E-state index in [2.05, 4.69) is 0 Å². The molecule has 0 bridgehead atoms. The first-order chi connectivity index (χ1) is 14.1. The van der Waals surface area contributed by atoms with Gasteiger partial charge < -0.3 is 9.80 Å². The smallest absolute Gasteiger partial charge is 0.246 e. The zero-order chi connectivity index (χ0) is 20.2. The Morgan fingerprint density at radius 1 is 0.931 bits per heavy atom. The number of carbonyl (C=O) groups is 2. The van der Waals surface area contributed by atoms with Gasteiger partial charge in [0.25, 0.3) is 0 Å². The maximum absolute atomic E-state index is 13.1. The highest BCUT2D eigenvalue weighted by atomic mass is 16.2. The second-order valence-corrected chi connectivity index (χ2v) is 6.86. The first-order valence-corrected chi connectivity index (χ1v) is 9.47. The Morgan fingerprint density at radius 2 is 1.55 bits per heavy atom. The van der Waals surface area contributed by atoms with E-state index >= 15 is 0 Å². The molecule has 3 aromatic carbocycles. The lowest BCUT2D eigenvalue weighted by Crippen LogP contribution is -2.42. The number of amides is 2. The third-order valence-electron chi connectivity index (χ3n) is 4.97. The molecule has 1 heterocycles. The molecule has 4 rings (SSSR count). The predicted octanol–water partition coefficient (Wildman–Crippen LogP) is 4.21. The van der Waals surface area contributed by atoms with E-state index in [-0.39, 0.29) is 24.8 Å². The molecule has 144 valence electrons. The Morgan fingerprint density at radius 3 is 2.28 bits per heavy atom. The van der Waals surface area contributed by atoms with Gasteiger partial charge in [-0.1, -0.05) is 60.7 Å². The average molecular weight is 383 g/mol. The molecule has 1 aliphatic rings. The van der Waals surface area contributed by atoms with Gasteiger partial charge >= 0.3 is 0 Å². The van der Waals surface area contributed by atoms with Gasteiger partial charge in [0.15, 0.2) is 0 Å². The van der Waals surface area contributed by atoms with Gasteiger partial charge in [-0.15, -0.1) is 0 Å². The van der Waals surface area contributed by atoms with Crippen LogP contribution in [0.15, 0.2) is 89.9 Å². The highest BCUT2D eigenvalue weighted by Crippen LogP contribution is 2.33. The molecule has 5 nitrogen and oxygen atoms in total. The van der Waals surface area contributed by atoms with Gasteiger partial charge in [0.1, 0.15) is 6.54 Å². The molecule has 0 spiro atoms. The van der Waals surface area contributed by atoms with Crippen molar-refractivity contribution in [1.82, 2.24) is 0 Å². The number of anilines is 2. The molecule has 0 aliphatic carbocycles. The lowest BCUT2D eigenvalue weighted by atomic mass is 10.1. The number of fused-ring (bicyclic) bond motifs is 1. The van der Waals surface area contributed by atoms with Crippen molar-refractivity contribution in [2.45, 2.75) is 6.42 Å². The maximum Gasteiger partial charge on any atom is 0.246 e. The summed E-state index contributed by atoms with van der Waals surface area (Å²) in [7, 11) is 1.72. The fraction of sp³-hybridized carbons (Fsp3) is 0.125. The van der Waals surface area contributed by atoms with E-state index in [4.69, 9.17) is 4.99 Å². The van der Waals surface area contributed by atoms with Crippen LogP contribution in [0.25, 0.3) is 0 Å². The first-order valence-electron chi connectivity index (χ1n) is 9.47. The van der Waals surface area contributed by atoms with E-state index in [1.807, 2.05) is 84.9 Å². The van der Waals surface area contributed by atoms with Crippen molar-refractivity contribution in [3.8, 4) is 0 Å². The Bertz CT molecular complexity index is 1060. The van der Waals surface area contributed by atoms with Gasteiger partial charge in [0.05, 0.1) is 23.5 Å². The van der Waals surface area contributed by atoms with Crippen molar-refractivity contribution in [2.75, 3.05) is 23.4 Å². The number of para-hydroxylation sites is 3. The predicted molar refractivity (Wildman–Crippen MR) is 116 cm³/mol. The quantitative estimate of drug-likeness (QED) is 0.678. The Kier molecular flexibility index (Phi) is 5.20. The van der Waals surface area contributed by atoms with E-state index in [1.54, 1.807) is 11.9 Å². The molecule has 29 heavy (non-hydrogen) atoms. The number of hydrogen-bond donors (Lipinski definition) is 0. The monoisotopic (exact) mass is 383 g/mol. The minimum absolute atomic E-state index is 0.0428. The number of hydrogen-bond acceptors (Lipinski definition) is 3. The molecule has 0 N–H and O–H groups in total. The van der Waals surface area contributed by atoms with Gasteiger partial charge in [0.2, 0.25) is 11.8 Å². The molecule has 0 saturated heterocycles. The number of carbonyl (C=O) groups excluding carboxylic acids is 2. The molecule has 0 fully saturated rings. The number of likely N-dealkylation sites (N-methyl/N-ethyl adjacent to an activating group) is 1. The number of benzene rings is 3. The molecule has 0 atom stereocenters. The van der Waals surface area contributed by atoms with E-state index in [9.17, 15) is 9.59 Å². The van der Waals surface area contributed by atoms with Gasteiger partial charge in [-0.3, -0.25) is 14.6 Å². The second kappa shape index (κ2) is 8.10. The summed E-state index contributed by atoms with van der Waals surface area (Å²) in [5.74, 6) is -0.310. The molecule has 0 unspecified atom stereocenters. The topological polar surface area (TPSA) is 53.0 Å². The highest BCUT2D eigenvalue weighted by Gasteiger charge is 2.27. The fourth-order valence-electron chi connectivity index (χ4n) is 3.35. The largest absolute Gasteiger partial charge is 0.314 e. The van der Waals surface area contributed by atoms with Crippen molar-refractivity contribution in [3.05, 3.63) is 90.5 Å². The van der Waals surface area contributed by atoms with Crippen LogP contribution in [0.3, 0.4) is 0 Å². The first kappa shape index (κ1) is 18.6. The molecular weight excluding hydrogens is 362 g/mol. The van der Waals surface area contributed by atoms with Gasteiger partial charge in [-0.05, 0) is 29.8 Å². The molecule has 1 aliphatic heterocycles. The zero-order valence-electron chi connectivity index (χ0n) is 16.2. The Balaban J connectivity index is 1.64. The number of nitrogens with zero attached hydrogens (tertiary/aromatic N) is 3. The molecule has 2 amide bonds. The van der Waals surface area contributed by atoms with E-state index < -0.39 is 0 Å². The van der Waals surface area contributed by atoms with Crippen molar-refractivity contribution in [1.29, 1.82) is 0 Å². The van der Waals surface area contributed by atoms with Gasteiger partial charge in [-0.25, -0.2) is 0 Å². The minimum Gasteiger partial charge on any atom is -0.314 e. The molecule has 0 saturated carbocycles. The summed E-state index contributed by atoms with van der Waals surface area (Å²) in [5, 5.41) is 0. The summed E-state index contributed by atoms with van der Waals surface area (Å²) in [4.78, 5) is 33.9. The third kappa shape index (κ3) is 3.94. The SMILES string of the molecule is CN(C(=O)CN1C(=O)CC(c2ccccc2)=Nc2ccccc21)c1ccccc1. The summed E-state index contributed by atoms with van der Waals surface area (Å²) in [5.41, 5.74) is 3.74. The Hall–Kier alpha value is -3.73. The molecule has 0 radical (unpaired) electrons. The lowest BCUT2D eigenvalue weighted by Gasteiger charge is -2.25. The van der Waals surface area contributed by atoms with E-state index in [1.165, 1.54) is 4.90 Å². The van der Waals surface area contributed by atoms with Gasteiger partial charge in [0, 0.05) is 12.7 Å². The van der Waals surface area contributed by atoms with Crippen LogP contribution in [0.1, 0.15) is 12.0 Å². The summed E-state index contributed by atoms with van der Waals surface area (Å²) in [6.45, 7) is -0.0428. The second-order valence-electron chi connectivity index (χ2n) is 6.86. The van der Waals surface area contributed by atoms with E-state index in [0.717, 1.165) is 11.3 Å².